The van der Waals surface area contributed by atoms with Crippen LogP contribution >= 0.6 is 11.6 Å². The lowest BCUT2D eigenvalue weighted by Crippen LogP contribution is -2.40. The van der Waals surface area contributed by atoms with E-state index in [-0.39, 0.29) is 16.5 Å². The van der Waals surface area contributed by atoms with Crippen LogP contribution in [-0.4, -0.2) is 15.2 Å². The number of hydrogen-bond acceptors (Lipinski definition) is 3. The number of ether oxygens (including phenoxy) is 1. The van der Waals surface area contributed by atoms with Gasteiger partial charge in [-0.15, -0.1) is 6.42 Å². The number of terminal acetylenes is 1. The van der Waals surface area contributed by atoms with Crippen LogP contribution in [0, 0.1) is 12.3 Å². The van der Waals surface area contributed by atoms with Crippen molar-refractivity contribution < 1.29 is 17.9 Å². The van der Waals surface area contributed by atoms with Gasteiger partial charge in [0.25, 0.3) is 5.56 Å². The SMILES string of the molecule is C#CC(C)Oc1cc(Cl)ccc1-n1c(=O)cc(C(F)(F)F)n(C)c1=O. The van der Waals surface area contributed by atoms with Crippen molar-refractivity contribution in [1.29, 1.82) is 0 Å². The third kappa shape index (κ3) is 3.72. The van der Waals surface area contributed by atoms with Gasteiger partial charge in [0.15, 0.2) is 6.10 Å². The first kappa shape index (κ1) is 18.7. The highest BCUT2D eigenvalue weighted by Crippen LogP contribution is 2.29. The zero-order valence-electron chi connectivity index (χ0n) is 13.1. The maximum atomic E-state index is 12.9. The Bertz CT molecular complexity index is 971. The summed E-state index contributed by atoms with van der Waals surface area (Å²) < 4.78 is 45.1. The van der Waals surface area contributed by atoms with Crippen molar-refractivity contribution in [2.45, 2.75) is 19.2 Å². The fraction of sp³-hybridized carbons (Fsp3) is 0.250. The van der Waals surface area contributed by atoms with Gasteiger partial charge in [0.1, 0.15) is 11.4 Å². The van der Waals surface area contributed by atoms with Gasteiger partial charge in [-0.2, -0.15) is 13.2 Å². The van der Waals surface area contributed by atoms with Gasteiger partial charge in [0.2, 0.25) is 0 Å². The number of aromatic nitrogens is 2. The molecule has 9 heteroatoms. The van der Waals surface area contributed by atoms with E-state index < -0.39 is 29.2 Å². The van der Waals surface area contributed by atoms with Crippen molar-refractivity contribution in [3.8, 4) is 23.8 Å². The molecule has 0 aliphatic rings. The Morgan fingerprint density at radius 2 is 1.92 bits per heavy atom. The van der Waals surface area contributed by atoms with Crippen LogP contribution < -0.4 is 16.0 Å². The van der Waals surface area contributed by atoms with Crippen LogP contribution in [0.1, 0.15) is 12.6 Å². The molecule has 0 spiro atoms. The monoisotopic (exact) mass is 372 g/mol. The lowest BCUT2D eigenvalue weighted by Gasteiger charge is -2.17. The molecular weight excluding hydrogens is 361 g/mol. The second-order valence-corrected chi connectivity index (χ2v) is 5.52. The number of hydrogen-bond donors (Lipinski definition) is 0. The molecule has 0 fully saturated rings. The van der Waals surface area contributed by atoms with E-state index in [1.807, 2.05) is 0 Å². The van der Waals surface area contributed by atoms with Gasteiger partial charge in [-0.05, 0) is 19.1 Å². The van der Waals surface area contributed by atoms with E-state index in [0.717, 1.165) is 7.05 Å². The molecule has 0 bridgehead atoms. The first-order valence-corrected chi connectivity index (χ1v) is 7.27. The van der Waals surface area contributed by atoms with Gasteiger partial charge in [-0.1, -0.05) is 17.5 Å². The zero-order chi connectivity index (χ0) is 18.9. The maximum absolute atomic E-state index is 12.9. The average molecular weight is 373 g/mol. The molecule has 2 rings (SSSR count). The van der Waals surface area contributed by atoms with E-state index in [0.29, 0.717) is 15.2 Å². The normalized spacial score (nSPS) is 12.5. The molecule has 0 aliphatic heterocycles. The minimum atomic E-state index is -4.84. The van der Waals surface area contributed by atoms with Crippen LogP contribution in [0.5, 0.6) is 5.75 Å². The lowest BCUT2D eigenvalue weighted by molar-refractivity contribution is -0.144. The summed E-state index contributed by atoms with van der Waals surface area (Å²) in [5.41, 5.74) is -3.76. The number of halogens is 4. The number of nitrogens with zero attached hydrogens (tertiary/aromatic N) is 2. The van der Waals surface area contributed by atoms with Crippen molar-refractivity contribution in [2.75, 3.05) is 0 Å². The standard InChI is InChI=1S/C16H12ClF3N2O3/c1-4-9(2)25-12-7-10(17)5-6-11(12)22-14(23)8-13(16(18,19)20)21(3)15(22)24/h1,5-9H,2-3H3. The van der Waals surface area contributed by atoms with E-state index in [1.54, 1.807) is 0 Å². The Morgan fingerprint density at radius 1 is 1.28 bits per heavy atom. The molecule has 132 valence electrons. The highest BCUT2D eigenvalue weighted by atomic mass is 35.5. The van der Waals surface area contributed by atoms with Crippen LogP contribution in [0.4, 0.5) is 13.2 Å². The molecule has 5 nitrogen and oxygen atoms in total. The summed E-state index contributed by atoms with van der Waals surface area (Å²) in [5, 5.41) is 0.236. The Kier molecular flexibility index (Phi) is 4.99. The van der Waals surface area contributed by atoms with Crippen LogP contribution in [0.15, 0.2) is 33.9 Å². The molecule has 25 heavy (non-hydrogen) atoms. The fourth-order valence-electron chi connectivity index (χ4n) is 2.11. The molecule has 0 N–H and O–H groups in total. The molecule has 0 saturated carbocycles. The predicted octanol–water partition coefficient (Wildman–Crippen LogP) is 2.61. The van der Waals surface area contributed by atoms with Crippen molar-refractivity contribution in [3.05, 3.63) is 55.8 Å². The number of rotatable bonds is 3. The Balaban J connectivity index is 2.77. The Morgan fingerprint density at radius 3 is 2.48 bits per heavy atom. The Hall–Kier alpha value is -2.66. The lowest BCUT2D eigenvalue weighted by atomic mass is 10.2. The van der Waals surface area contributed by atoms with Gasteiger partial charge >= 0.3 is 11.9 Å². The molecule has 1 atom stereocenters. The largest absolute Gasteiger partial charge is 0.476 e. The summed E-state index contributed by atoms with van der Waals surface area (Å²) in [4.78, 5) is 24.5. The molecule has 1 aromatic heterocycles. The average Bonchev–Trinajstić information content (AvgIpc) is 2.51. The molecular formula is C16H12ClF3N2O3. The smallest absolute Gasteiger partial charge is 0.431 e. The van der Waals surface area contributed by atoms with E-state index in [4.69, 9.17) is 22.8 Å². The third-order valence-corrected chi connectivity index (χ3v) is 3.55. The van der Waals surface area contributed by atoms with Crippen molar-refractivity contribution >= 4 is 11.6 Å². The molecule has 0 aliphatic carbocycles. The van der Waals surface area contributed by atoms with Gasteiger partial charge in [-0.3, -0.25) is 9.36 Å². The summed E-state index contributed by atoms with van der Waals surface area (Å²) in [5.74, 6) is 2.29. The molecule has 0 amide bonds. The van der Waals surface area contributed by atoms with Crippen LogP contribution in [0.3, 0.4) is 0 Å². The second-order valence-electron chi connectivity index (χ2n) is 5.08. The molecule has 0 radical (unpaired) electrons. The van der Waals surface area contributed by atoms with Gasteiger partial charge in [-0.25, -0.2) is 9.36 Å². The van der Waals surface area contributed by atoms with E-state index in [2.05, 4.69) is 5.92 Å². The maximum Gasteiger partial charge on any atom is 0.431 e. The highest BCUT2D eigenvalue weighted by Gasteiger charge is 2.35. The topological polar surface area (TPSA) is 53.2 Å². The number of benzene rings is 1. The summed E-state index contributed by atoms with van der Waals surface area (Å²) in [7, 11) is 0.918. The Labute approximate surface area is 145 Å². The summed E-state index contributed by atoms with van der Waals surface area (Å²) in [6.45, 7) is 1.54. The highest BCUT2D eigenvalue weighted by molar-refractivity contribution is 6.30. The minimum absolute atomic E-state index is 0.00286. The van der Waals surface area contributed by atoms with Crippen LogP contribution in [-0.2, 0) is 13.2 Å². The molecule has 0 saturated heterocycles. The van der Waals surface area contributed by atoms with Crippen molar-refractivity contribution in [1.82, 2.24) is 9.13 Å². The summed E-state index contributed by atoms with van der Waals surface area (Å²) in [6.07, 6.45) is -0.329. The van der Waals surface area contributed by atoms with Crippen LogP contribution in [0.2, 0.25) is 5.02 Å². The van der Waals surface area contributed by atoms with Crippen LogP contribution in [0.25, 0.3) is 5.69 Å². The first-order chi connectivity index (χ1) is 11.6. The quantitative estimate of drug-likeness (QED) is 0.778. The van der Waals surface area contributed by atoms with Gasteiger partial charge in [0.05, 0.1) is 5.69 Å². The predicted molar refractivity (Wildman–Crippen MR) is 86.2 cm³/mol. The summed E-state index contributed by atoms with van der Waals surface area (Å²) in [6, 6.07) is 4.31. The van der Waals surface area contributed by atoms with Gasteiger partial charge < -0.3 is 4.74 Å². The van der Waals surface area contributed by atoms with E-state index >= 15 is 0 Å². The molecule has 1 heterocycles. The van der Waals surface area contributed by atoms with E-state index in [9.17, 15) is 22.8 Å². The van der Waals surface area contributed by atoms with Gasteiger partial charge in [0, 0.05) is 24.2 Å². The van der Waals surface area contributed by atoms with Crippen molar-refractivity contribution in [2.24, 2.45) is 7.05 Å². The van der Waals surface area contributed by atoms with Crippen molar-refractivity contribution in [3.63, 3.8) is 0 Å². The zero-order valence-corrected chi connectivity index (χ0v) is 13.9. The first-order valence-electron chi connectivity index (χ1n) is 6.89. The molecule has 1 unspecified atom stereocenters. The second kappa shape index (κ2) is 6.69. The minimum Gasteiger partial charge on any atom is -0.476 e. The third-order valence-electron chi connectivity index (χ3n) is 3.31. The molecule has 2 aromatic rings. The van der Waals surface area contributed by atoms with E-state index in [1.165, 1.54) is 25.1 Å². The summed E-state index contributed by atoms with van der Waals surface area (Å²) >= 11 is 5.88. The molecule has 1 aromatic carbocycles. The fourth-order valence-corrected chi connectivity index (χ4v) is 2.27. The number of alkyl halides is 3.